The van der Waals surface area contributed by atoms with E-state index in [9.17, 15) is 9.59 Å². The normalized spacial score (nSPS) is 13.2. The largest absolute Gasteiger partial charge is 0.496 e. The molecule has 3 heterocycles. The van der Waals surface area contributed by atoms with Crippen LogP contribution in [0.2, 0.25) is 0 Å². The molecule has 0 spiro atoms. The Morgan fingerprint density at radius 2 is 1.84 bits per heavy atom. The maximum atomic E-state index is 13.3. The minimum absolute atomic E-state index is 0.0260. The van der Waals surface area contributed by atoms with Gasteiger partial charge < -0.3 is 19.4 Å². The molecule has 1 fully saturated rings. The maximum Gasteiger partial charge on any atom is 0.255 e. The van der Waals surface area contributed by atoms with Gasteiger partial charge in [-0.2, -0.15) is 5.10 Å². The van der Waals surface area contributed by atoms with E-state index in [1.165, 1.54) is 0 Å². The molecule has 1 N–H and O–H groups in total. The highest BCUT2D eigenvalue weighted by molar-refractivity contribution is 7.28. The Morgan fingerprint density at radius 3 is 2.50 bits per heavy atom. The van der Waals surface area contributed by atoms with Crippen molar-refractivity contribution in [1.82, 2.24) is 19.7 Å². The van der Waals surface area contributed by atoms with Crippen molar-refractivity contribution in [1.29, 1.82) is 0 Å². The van der Waals surface area contributed by atoms with Gasteiger partial charge in [-0.25, -0.2) is 0 Å². The Labute approximate surface area is 223 Å². The lowest BCUT2D eigenvalue weighted by atomic mass is 10.00. The Kier molecular flexibility index (Phi) is 7.72. The van der Waals surface area contributed by atoms with E-state index < -0.39 is 0 Å². The number of methoxy groups -OCH3 is 1. The molecular formula is C29H31N4O4P. The van der Waals surface area contributed by atoms with Crippen LogP contribution in [0.3, 0.4) is 0 Å². The van der Waals surface area contributed by atoms with E-state index in [0.717, 1.165) is 39.0 Å². The second-order valence-corrected chi connectivity index (χ2v) is 10.1. The number of amides is 1. The highest BCUT2D eigenvalue weighted by Crippen LogP contribution is 2.26. The van der Waals surface area contributed by atoms with Gasteiger partial charge in [-0.3, -0.25) is 14.3 Å². The van der Waals surface area contributed by atoms with Crippen molar-refractivity contribution >= 4 is 20.5 Å². The van der Waals surface area contributed by atoms with E-state index in [1.807, 2.05) is 60.3 Å². The standard InChI is InChI=1S/C29H31N4O4P/c1-19-6-11-25(36-2)28(38)23(19)13-30-29(35)24-16-33(31-27(24)22-17-37-18-22)15-21-9-7-20(8-10-21)14-32-12-4-3-5-26(32)34/h3-12,16,22H,13-15,17-18,38H2,1-2H3,(H,30,35). The molecule has 1 aliphatic rings. The van der Waals surface area contributed by atoms with Crippen LogP contribution in [0, 0.1) is 6.92 Å². The number of rotatable bonds is 9. The van der Waals surface area contributed by atoms with E-state index in [0.29, 0.717) is 38.4 Å². The number of pyridine rings is 1. The highest BCUT2D eigenvalue weighted by atomic mass is 31.0. The Bertz CT molecular complexity index is 1510. The summed E-state index contributed by atoms with van der Waals surface area (Å²) in [6.45, 7) is 4.59. The molecule has 1 amide bonds. The first-order valence-corrected chi connectivity index (χ1v) is 13.1. The molecule has 8 nitrogen and oxygen atoms in total. The molecule has 1 atom stereocenters. The first-order valence-electron chi connectivity index (χ1n) is 12.5. The zero-order valence-corrected chi connectivity index (χ0v) is 22.7. The van der Waals surface area contributed by atoms with Gasteiger partial charge in [0, 0.05) is 30.3 Å². The molecule has 5 rings (SSSR count). The molecule has 0 bridgehead atoms. The van der Waals surface area contributed by atoms with Crippen molar-refractivity contribution in [3.05, 3.63) is 111 Å². The molecule has 2 aromatic heterocycles. The van der Waals surface area contributed by atoms with Crippen molar-refractivity contribution in [3.8, 4) is 5.75 Å². The Morgan fingerprint density at radius 1 is 1.11 bits per heavy atom. The first kappa shape index (κ1) is 25.9. The molecule has 196 valence electrons. The highest BCUT2D eigenvalue weighted by Gasteiger charge is 2.29. The minimum Gasteiger partial charge on any atom is -0.496 e. The molecule has 1 unspecified atom stereocenters. The second-order valence-electron chi connectivity index (χ2n) is 9.50. The summed E-state index contributed by atoms with van der Waals surface area (Å²) in [5, 5.41) is 8.79. The third-order valence-electron chi connectivity index (χ3n) is 6.88. The number of hydrogen-bond acceptors (Lipinski definition) is 5. The molecule has 0 aliphatic carbocycles. The molecule has 0 radical (unpaired) electrons. The van der Waals surface area contributed by atoms with Crippen LogP contribution in [-0.2, 0) is 24.4 Å². The zero-order chi connectivity index (χ0) is 26.6. The number of hydrogen-bond donors (Lipinski definition) is 1. The van der Waals surface area contributed by atoms with Gasteiger partial charge in [0.1, 0.15) is 5.75 Å². The molecule has 9 heteroatoms. The van der Waals surface area contributed by atoms with Crippen molar-refractivity contribution in [3.63, 3.8) is 0 Å². The lowest BCUT2D eigenvalue weighted by Gasteiger charge is -2.25. The topological polar surface area (TPSA) is 87.4 Å². The summed E-state index contributed by atoms with van der Waals surface area (Å²) in [6.07, 6.45) is 3.61. The summed E-state index contributed by atoms with van der Waals surface area (Å²) in [5.41, 5.74) is 5.51. The number of carbonyl (C=O) groups is 1. The van der Waals surface area contributed by atoms with Crippen molar-refractivity contribution in [2.45, 2.75) is 32.5 Å². The molecule has 1 aliphatic heterocycles. The van der Waals surface area contributed by atoms with Crippen molar-refractivity contribution in [2.24, 2.45) is 0 Å². The van der Waals surface area contributed by atoms with Gasteiger partial charge in [0.15, 0.2) is 0 Å². The summed E-state index contributed by atoms with van der Waals surface area (Å²) in [5.74, 6) is 0.722. The average Bonchev–Trinajstić information content (AvgIpc) is 3.28. The smallest absolute Gasteiger partial charge is 0.255 e. The van der Waals surface area contributed by atoms with Gasteiger partial charge in [0.25, 0.3) is 11.5 Å². The summed E-state index contributed by atoms with van der Waals surface area (Å²) in [6, 6.07) is 17.2. The lowest BCUT2D eigenvalue weighted by Crippen LogP contribution is -2.30. The molecule has 1 saturated heterocycles. The van der Waals surface area contributed by atoms with E-state index in [1.54, 1.807) is 30.0 Å². The predicted octanol–water partition coefficient (Wildman–Crippen LogP) is 3.00. The number of aromatic nitrogens is 3. The van der Waals surface area contributed by atoms with Crippen LogP contribution < -0.4 is 20.9 Å². The Hall–Kier alpha value is -3.74. The van der Waals surface area contributed by atoms with E-state index in [-0.39, 0.29) is 17.4 Å². The fourth-order valence-corrected chi connectivity index (χ4v) is 5.09. The van der Waals surface area contributed by atoms with Gasteiger partial charge in [0.2, 0.25) is 0 Å². The third-order valence-corrected chi connectivity index (χ3v) is 7.51. The number of benzene rings is 2. The van der Waals surface area contributed by atoms with Gasteiger partial charge in [-0.1, -0.05) is 36.4 Å². The average molecular weight is 531 g/mol. The van der Waals surface area contributed by atoms with Gasteiger partial charge in [-0.05, 0) is 41.3 Å². The van der Waals surface area contributed by atoms with Crippen LogP contribution >= 0.6 is 9.24 Å². The summed E-state index contributed by atoms with van der Waals surface area (Å²) in [7, 11) is 4.35. The molecule has 4 aromatic rings. The van der Waals surface area contributed by atoms with Crippen LogP contribution in [-0.4, -0.2) is 40.6 Å². The summed E-state index contributed by atoms with van der Waals surface area (Å²) in [4.78, 5) is 25.3. The fourth-order valence-electron chi connectivity index (χ4n) is 4.54. The quantitative estimate of drug-likeness (QED) is 0.336. The van der Waals surface area contributed by atoms with Crippen LogP contribution in [0.1, 0.15) is 44.2 Å². The van der Waals surface area contributed by atoms with Crippen molar-refractivity contribution in [2.75, 3.05) is 20.3 Å². The lowest BCUT2D eigenvalue weighted by molar-refractivity contribution is 0.00620. The molecule has 2 aromatic carbocycles. The van der Waals surface area contributed by atoms with E-state index in [2.05, 4.69) is 14.6 Å². The van der Waals surface area contributed by atoms with Crippen LogP contribution in [0.4, 0.5) is 0 Å². The third kappa shape index (κ3) is 5.57. The van der Waals surface area contributed by atoms with Gasteiger partial charge in [0.05, 0.1) is 50.6 Å². The maximum absolute atomic E-state index is 13.3. The Balaban J connectivity index is 1.30. The predicted molar refractivity (Wildman–Crippen MR) is 149 cm³/mol. The fraction of sp³-hybridized carbons (Fsp3) is 0.276. The number of nitrogens with one attached hydrogen (secondary N) is 1. The number of nitrogens with zero attached hydrogens (tertiary/aromatic N) is 3. The zero-order valence-electron chi connectivity index (χ0n) is 21.5. The molecule has 38 heavy (non-hydrogen) atoms. The van der Waals surface area contributed by atoms with Crippen LogP contribution in [0.15, 0.2) is 71.8 Å². The van der Waals surface area contributed by atoms with Crippen LogP contribution in [0.5, 0.6) is 5.75 Å². The minimum atomic E-state index is -0.159. The molecular weight excluding hydrogens is 499 g/mol. The van der Waals surface area contributed by atoms with E-state index in [4.69, 9.17) is 14.6 Å². The summed E-state index contributed by atoms with van der Waals surface area (Å²) < 4.78 is 14.3. The number of ether oxygens (including phenoxy) is 2. The summed E-state index contributed by atoms with van der Waals surface area (Å²) >= 11 is 0. The first-order chi connectivity index (χ1) is 18.4. The number of aryl methyl sites for hydroxylation is 1. The number of carbonyl (C=O) groups excluding carboxylic acids is 1. The monoisotopic (exact) mass is 530 g/mol. The van der Waals surface area contributed by atoms with E-state index >= 15 is 0 Å². The van der Waals surface area contributed by atoms with Crippen LogP contribution in [0.25, 0.3) is 0 Å². The van der Waals surface area contributed by atoms with Gasteiger partial charge in [-0.15, -0.1) is 9.24 Å². The van der Waals surface area contributed by atoms with Gasteiger partial charge >= 0.3 is 0 Å². The SMILES string of the molecule is COc1ccc(C)c(CNC(=O)c2cn(Cc3ccc(Cn4ccccc4=O)cc3)nc2C2COC2)c1P. The van der Waals surface area contributed by atoms with Crippen molar-refractivity contribution < 1.29 is 14.3 Å². The second kappa shape index (κ2) is 11.3. The molecule has 0 saturated carbocycles.